The lowest BCUT2D eigenvalue weighted by atomic mass is 9.87. The van der Waals surface area contributed by atoms with Gasteiger partial charge in [0.05, 0.1) is 11.0 Å². The summed E-state index contributed by atoms with van der Waals surface area (Å²) in [6, 6.07) is 0. The molecule has 2 aliphatic carbocycles. The normalized spacial score (nSPS) is 32.5. The van der Waals surface area contributed by atoms with Crippen LogP contribution < -0.4 is 0 Å². The molecule has 2 fully saturated rings. The number of carbonyl (C=O) groups is 1. The number of hydrogen-bond donors (Lipinski definition) is 0. The zero-order valence-electron chi connectivity index (χ0n) is 14.0. The highest BCUT2D eigenvalue weighted by Gasteiger charge is 2.71. The number of carbonyl (C=O) groups excluding carboxylic acids is 1. The third-order valence-electron chi connectivity index (χ3n) is 4.99. The van der Waals surface area contributed by atoms with Gasteiger partial charge in [-0.05, 0) is 52.4 Å². The van der Waals surface area contributed by atoms with Crippen LogP contribution in [0.2, 0.25) is 5.04 Å². The van der Waals surface area contributed by atoms with E-state index in [1.165, 1.54) is 0 Å². The zero-order chi connectivity index (χ0) is 15.9. The molecule has 5 nitrogen and oxygen atoms in total. The SMILES string of the molecule is CO[Si](OC)(OC)C12CCC(CC1C(=O)OC(C)(C)C)C2. The van der Waals surface area contributed by atoms with Gasteiger partial charge in [-0.3, -0.25) is 4.79 Å². The molecule has 0 aromatic carbocycles. The van der Waals surface area contributed by atoms with Gasteiger partial charge in [-0.2, -0.15) is 0 Å². The Kier molecular flexibility index (Phi) is 4.55. The largest absolute Gasteiger partial charge is 0.507 e. The van der Waals surface area contributed by atoms with Crippen molar-refractivity contribution >= 4 is 14.8 Å². The van der Waals surface area contributed by atoms with E-state index in [9.17, 15) is 4.79 Å². The molecule has 2 bridgehead atoms. The number of esters is 1. The molecule has 2 aliphatic rings. The summed E-state index contributed by atoms with van der Waals surface area (Å²) in [5.41, 5.74) is -0.475. The highest BCUT2D eigenvalue weighted by molar-refractivity contribution is 6.64. The van der Waals surface area contributed by atoms with Crippen molar-refractivity contribution in [1.82, 2.24) is 0 Å². The molecule has 6 heteroatoms. The Morgan fingerprint density at radius 1 is 1.14 bits per heavy atom. The average molecular weight is 316 g/mol. The summed E-state index contributed by atoms with van der Waals surface area (Å²) in [6.45, 7) is 5.70. The number of ether oxygens (including phenoxy) is 1. The minimum Gasteiger partial charge on any atom is -0.460 e. The summed E-state index contributed by atoms with van der Waals surface area (Å²) in [5.74, 6) is 0.240. The zero-order valence-corrected chi connectivity index (χ0v) is 15.0. The number of fused-ring (bicyclic) bond motifs is 2. The number of hydrogen-bond acceptors (Lipinski definition) is 5. The fourth-order valence-corrected chi connectivity index (χ4v) is 7.67. The second-order valence-electron chi connectivity index (χ2n) is 7.26. The fourth-order valence-electron chi connectivity index (χ4n) is 4.30. The van der Waals surface area contributed by atoms with Gasteiger partial charge in [0.1, 0.15) is 5.60 Å². The van der Waals surface area contributed by atoms with E-state index in [1.54, 1.807) is 21.3 Å². The third kappa shape index (κ3) is 2.67. The molecule has 0 aromatic heterocycles. The van der Waals surface area contributed by atoms with Gasteiger partial charge >= 0.3 is 14.8 Å². The van der Waals surface area contributed by atoms with E-state index in [0.717, 1.165) is 25.7 Å². The Bertz CT molecular complexity index is 393. The minimum atomic E-state index is -2.89. The van der Waals surface area contributed by atoms with Crippen molar-refractivity contribution in [1.29, 1.82) is 0 Å². The van der Waals surface area contributed by atoms with Gasteiger partial charge in [0.15, 0.2) is 0 Å². The molecular formula is C15H28O5Si. The summed E-state index contributed by atoms with van der Waals surface area (Å²) in [7, 11) is 2.00. The molecule has 2 saturated carbocycles. The van der Waals surface area contributed by atoms with E-state index in [1.807, 2.05) is 20.8 Å². The minimum absolute atomic E-state index is 0.132. The first kappa shape index (κ1) is 16.9. The maximum absolute atomic E-state index is 12.7. The highest BCUT2D eigenvalue weighted by atomic mass is 28.4. The first-order chi connectivity index (χ1) is 9.73. The lowest BCUT2D eigenvalue weighted by molar-refractivity contribution is -0.162. The van der Waals surface area contributed by atoms with Crippen molar-refractivity contribution in [2.24, 2.45) is 11.8 Å². The molecule has 0 amide bonds. The summed E-state index contributed by atoms with van der Waals surface area (Å²) in [4.78, 5) is 12.7. The Hall–Kier alpha value is -0.433. The smallest absolute Gasteiger partial charge is 0.460 e. The van der Waals surface area contributed by atoms with Gasteiger partial charge in [-0.1, -0.05) is 0 Å². The van der Waals surface area contributed by atoms with Crippen LogP contribution in [0.3, 0.4) is 0 Å². The third-order valence-corrected chi connectivity index (χ3v) is 8.63. The second-order valence-corrected chi connectivity index (χ2v) is 10.6. The number of rotatable bonds is 5. The molecular weight excluding hydrogens is 288 g/mol. The first-order valence-corrected chi connectivity index (χ1v) is 9.34. The molecule has 0 saturated heterocycles. The monoisotopic (exact) mass is 316 g/mol. The maximum Gasteiger partial charge on any atom is 0.507 e. The van der Waals surface area contributed by atoms with Crippen molar-refractivity contribution < 1.29 is 22.8 Å². The Morgan fingerprint density at radius 3 is 2.14 bits per heavy atom. The van der Waals surface area contributed by atoms with E-state index in [-0.39, 0.29) is 16.9 Å². The molecule has 0 radical (unpaired) electrons. The van der Waals surface area contributed by atoms with Gasteiger partial charge in [0, 0.05) is 21.3 Å². The molecule has 122 valence electrons. The molecule has 2 rings (SSSR count). The molecule has 0 spiro atoms. The van der Waals surface area contributed by atoms with Crippen LogP contribution >= 0.6 is 0 Å². The van der Waals surface area contributed by atoms with Crippen molar-refractivity contribution in [3.8, 4) is 0 Å². The van der Waals surface area contributed by atoms with Crippen LogP contribution in [0.15, 0.2) is 0 Å². The fraction of sp³-hybridized carbons (Fsp3) is 0.933. The predicted octanol–water partition coefficient (Wildman–Crippen LogP) is 2.77. The first-order valence-electron chi connectivity index (χ1n) is 7.62. The molecule has 3 unspecified atom stereocenters. The topological polar surface area (TPSA) is 54.0 Å². The molecule has 0 N–H and O–H groups in total. The van der Waals surface area contributed by atoms with E-state index in [4.69, 9.17) is 18.0 Å². The van der Waals surface area contributed by atoms with Crippen LogP contribution in [-0.4, -0.2) is 41.7 Å². The summed E-state index contributed by atoms with van der Waals surface area (Å²) < 4.78 is 22.9. The van der Waals surface area contributed by atoms with E-state index < -0.39 is 14.4 Å². The molecule has 0 heterocycles. The maximum atomic E-state index is 12.7. The van der Waals surface area contributed by atoms with Crippen LogP contribution in [0, 0.1) is 11.8 Å². The van der Waals surface area contributed by atoms with Gasteiger partial charge in [-0.25, -0.2) is 0 Å². The van der Waals surface area contributed by atoms with Crippen molar-refractivity contribution in [3.05, 3.63) is 0 Å². The standard InChI is InChI=1S/C15H28O5Si/c1-14(2,3)20-13(16)12-9-11-7-8-15(12,10-11)21(17-4,18-5)19-6/h11-12H,7-10H2,1-6H3. The lowest BCUT2D eigenvalue weighted by Crippen LogP contribution is -2.57. The van der Waals surface area contributed by atoms with Crippen LogP contribution in [0.4, 0.5) is 0 Å². The van der Waals surface area contributed by atoms with E-state index in [2.05, 4.69) is 0 Å². The van der Waals surface area contributed by atoms with E-state index in [0.29, 0.717) is 5.92 Å². The Morgan fingerprint density at radius 2 is 1.71 bits per heavy atom. The summed E-state index contributed by atoms with van der Waals surface area (Å²) in [5, 5.41) is -0.321. The lowest BCUT2D eigenvalue weighted by Gasteiger charge is -2.43. The summed E-state index contributed by atoms with van der Waals surface area (Å²) in [6.07, 6.45) is 3.84. The van der Waals surface area contributed by atoms with Crippen molar-refractivity contribution in [3.63, 3.8) is 0 Å². The van der Waals surface area contributed by atoms with E-state index >= 15 is 0 Å². The van der Waals surface area contributed by atoms with Crippen molar-refractivity contribution in [2.75, 3.05) is 21.3 Å². The van der Waals surface area contributed by atoms with Crippen LogP contribution in [0.25, 0.3) is 0 Å². The van der Waals surface area contributed by atoms with Gasteiger partial charge in [0.2, 0.25) is 0 Å². The highest BCUT2D eigenvalue weighted by Crippen LogP contribution is 2.68. The molecule has 0 aliphatic heterocycles. The average Bonchev–Trinajstić information content (AvgIpc) is 2.98. The summed E-state index contributed by atoms with van der Waals surface area (Å²) >= 11 is 0. The van der Waals surface area contributed by atoms with Crippen LogP contribution in [0.5, 0.6) is 0 Å². The van der Waals surface area contributed by atoms with Crippen molar-refractivity contribution in [2.45, 2.75) is 57.1 Å². The molecule has 3 atom stereocenters. The molecule has 21 heavy (non-hydrogen) atoms. The van der Waals surface area contributed by atoms with Gasteiger partial charge in [-0.15, -0.1) is 0 Å². The van der Waals surface area contributed by atoms with Crippen LogP contribution in [-0.2, 0) is 22.8 Å². The Balaban J connectivity index is 2.32. The second kappa shape index (κ2) is 5.65. The quantitative estimate of drug-likeness (QED) is 0.576. The van der Waals surface area contributed by atoms with Gasteiger partial charge < -0.3 is 18.0 Å². The van der Waals surface area contributed by atoms with Crippen LogP contribution in [0.1, 0.15) is 46.5 Å². The Labute approximate surface area is 128 Å². The van der Waals surface area contributed by atoms with Gasteiger partial charge in [0.25, 0.3) is 0 Å². The predicted molar refractivity (Wildman–Crippen MR) is 80.8 cm³/mol. The molecule has 0 aromatic rings.